The van der Waals surface area contributed by atoms with E-state index in [1.54, 1.807) is 5.57 Å². The van der Waals surface area contributed by atoms with Gasteiger partial charge < -0.3 is 0 Å². The average molecular weight is 222 g/mol. The highest BCUT2D eigenvalue weighted by molar-refractivity contribution is 5.37. The summed E-state index contributed by atoms with van der Waals surface area (Å²) >= 11 is 0. The van der Waals surface area contributed by atoms with Gasteiger partial charge in [0, 0.05) is 0 Å². The van der Waals surface area contributed by atoms with Crippen molar-refractivity contribution in [3.8, 4) is 0 Å². The Morgan fingerprint density at radius 3 is 2.25 bits per heavy atom. The highest BCUT2D eigenvalue weighted by atomic mass is 14.4. The van der Waals surface area contributed by atoms with Crippen LogP contribution in [-0.4, -0.2) is 0 Å². The molecular formula is C16H30. The summed E-state index contributed by atoms with van der Waals surface area (Å²) in [5.41, 5.74) is 3.62. The summed E-state index contributed by atoms with van der Waals surface area (Å²) in [7, 11) is 0. The van der Waals surface area contributed by atoms with Crippen LogP contribution in [0.15, 0.2) is 11.1 Å². The predicted molar refractivity (Wildman–Crippen MR) is 73.6 cm³/mol. The molecule has 0 aromatic carbocycles. The molecule has 0 fully saturated rings. The van der Waals surface area contributed by atoms with Crippen LogP contribution in [0.2, 0.25) is 0 Å². The van der Waals surface area contributed by atoms with Crippen LogP contribution in [0.1, 0.15) is 73.1 Å². The first-order valence-corrected chi connectivity index (χ1v) is 7.36. The Bertz CT molecular complexity index is 236. The third kappa shape index (κ3) is 3.37. The predicted octanol–water partition coefficient (Wildman–Crippen LogP) is 5.59. The molecule has 0 nitrogen and oxygen atoms in total. The Labute approximate surface area is 103 Å². The van der Waals surface area contributed by atoms with E-state index in [2.05, 4.69) is 34.6 Å². The van der Waals surface area contributed by atoms with E-state index in [0.29, 0.717) is 0 Å². The summed E-state index contributed by atoms with van der Waals surface area (Å²) in [5, 5.41) is 0. The standard InChI is InChI=1S/C16H30/c1-6-9-10-14-11-16(14)13(5)15(8-3)12(4)7-2/h12-13,15H,6-11H2,1-5H3. The summed E-state index contributed by atoms with van der Waals surface area (Å²) in [4.78, 5) is 0. The van der Waals surface area contributed by atoms with E-state index in [4.69, 9.17) is 0 Å². The first-order chi connectivity index (χ1) is 7.65. The van der Waals surface area contributed by atoms with Crippen LogP contribution in [0.5, 0.6) is 0 Å². The van der Waals surface area contributed by atoms with Crippen LogP contribution in [0.3, 0.4) is 0 Å². The van der Waals surface area contributed by atoms with Crippen molar-refractivity contribution < 1.29 is 0 Å². The van der Waals surface area contributed by atoms with Crippen molar-refractivity contribution in [2.45, 2.75) is 73.1 Å². The summed E-state index contributed by atoms with van der Waals surface area (Å²) in [5.74, 6) is 2.66. The molecule has 0 aromatic heterocycles. The quantitative estimate of drug-likeness (QED) is 0.470. The van der Waals surface area contributed by atoms with Gasteiger partial charge in [0.05, 0.1) is 0 Å². The maximum absolute atomic E-state index is 2.47. The van der Waals surface area contributed by atoms with Crippen LogP contribution in [-0.2, 0) is 0 Å². The average Bonchev–Trinajstić information content (AvgIpc) is 3.06. The molecule has 1 aliphatic rings. The minimum Gasteiger partial charge on any atom is -0.0663 e. The molecule has 0 saturated carbocycles. The largest absolute Gasteiger partial charge is 0.0663 e. The van der Waals surface area contributed by atoms with Crippen molar-refractivity contribution in [3.05, 3.63) is 11.1 Å². The smallest absolute Gasteiger partial charge is 0.01000 e. The minimum absolute atomic E-state index is 0.854. The van der Waals surface area contributed by atoms with Crippen LogP contribution in [0, 0.1) is 17.8 Å². The lowest BCUT2D eigenvalue weighted by Gasteiger charge is -2.26. The monoisotopic (exact) mass is 222 g/mol. The van der Waals surface area contributed by atoms with Crippen LogP contribution < -0.4 is 0 Å². The number of allylic oxidation sites excluding steroid dienone is 2. The fraction of sp³-hybridized carbons (Fsp3) is 0.875. The zero-order valence-corrected chi connectivity index (χ0v) is 12.0. The van der Waals surface area contributed by atoms with Gasteiger partial charge in [0.2, 0.25) is 0 Å². The lowest BCUT2D eigenvalue weighted by atomic mass is 9.79. The summed E-state index contributed by atoms with van der Waals surface area (Å²) in [6, 6.07) is 0. The number of rotatable bonds is 8. The fourth-order valence-electron chi connectivity index (χ4n) is 3.12. The molecule has 3 atom stereocenters. The molecule has 1 aliphatic carbocycles. The molecule has 1 rings (SSSR count). The molecular weight excluding hydrogens is 192 g/mol. The minimum atomic E-state index is 0.854. The number of hydrogen-bond donors (Lipinski definition) is 0. The van der Waals surface area contributed by atoms with Crippen molar-refractivity contribution in [1.29, 1.82) is 0 Å². The molecule has 94 valence electrons. The topological polar surface area (TPSA) is 0 Å². The van der Waals surface area contributed by atoms with E-state index in [1.807, 2.05) is 5.57 Å². The Morgan fingerprint density at radius 2 is 1.75 bits per heavy atom. The summed E-state index contributed by atoms with van der Waals surface area (Å²) < 4.78 is 0. The van der Waals surface area contributed by atoms with Crippen molar-refractivity contribution in [3.63, 3.8) is 0 Å². The van der Waals surface area contributed by atoms with Crippen molar-refractivity contribution in [2.24, 2.45) is 17.8 Å². The number of hydrogen-bond acceptors (Lipinski definition) is 0. The molecule has 0 bridgehead atoms. The van der Waals surface area contributed by atoms with Crippen molar-refractivity contribution >= 4 is 0 Å². The molecule has 0 radical (unpaired) electrons. The van der Waals surface area contributed by atoms with Gasteiger partial charge in [-0.2, -0.15) is 0 Å². The molecule has 0 aliphatic heterocycles. The Morgan fingerprint density at radius 1 is 1.06 bits per heavy atom. The second-order valence-corrected chi connectivity index (χ2v) is 5.66. The lowest BCUT2D eigenvalue weighted by Crippen LogP contribution is -2.18. The molecule has 0 spiro atoms. The van der Waals surface area contributed by atoms with Gasteiger partial charge in [0.1, 0.15) is 0 Å². The molecule has 3 unspecified atom stereocenters. The van der Waals surface area contributed by atoms with Crippen LogP contribution >= 0.6 is 0 Å². The van der Waals surface area contributed by atoms with Crippen molar-refractivity contribution in [1.82, 2.24) is 0 Å². The van der Waals surface area contributed by atoms with Crippen LogP contribution in [0.4, 0.5) is 0 Å². The normalized spacial score (nSPS) is 20.8. The van der Waals surface area contributed by atoms with Gasteiger partial charge in [-0.25, -0.2) is 0 Å². The van der Waals surface area contributed by atoms with Gasteiger partial charge in [-0.05, 0) is 37.0 Å². The fourth-order valence-corrected chi connectivity index (χ4v) is 3.12. The van der Waals surface area contributed by atoms with E-state index in [0.717, 1.165) is 17.8 Å². The Kier molecular flexibility index (Phi) is 5.58. The summed E-state index contributed by atoms with van der Waals surface area (Å²) in [6.45, 7) is 11.9. The van der Waals surface area contributed by atoms with E-state index in [9.17, 15) is 0 Å². The molecule has 0 aromatic rings. The third-order valence-corrected chi connectivity index (χ3v) is 4.60. The van der Waals surface area contributed by atoms with E-state index < -0.39 is 0 Å². The second-order valence-electron chi connectivity index (χ2n) is 5.66. The Balaban J connectivity index is 2.50. The lowest BCUT2D eigenvalue weighted by molar-refractivity contribution is 0.271. The zero-order chi connectivity index (χ0) is 12.1. The van der Waals surface area contributed by atoms with E-state index in [1.165, 1.54) is 38.5 Å². The van der Waals surface area contributed by atoms with Gasteiger partial charge in [-0.15, -0.1) is 0 Å². The SMILES string of the molecule is CCCCC1=C(C(C)C(CC)C(C)CC)C1. The highest BCUT2D eigenvalue weighted by Gasteiger charge is 2.31. The molecule has 0 N–H and O–H groups in total. The van der Waals surface area contributed by atoms with Gasteiger partial charge in [0.25, 0.3) is 0 Å². The third-order valence-electron chi connectivity index (χ3n) is 4.60. The summed E-state index contributed by atoms with van der Waals surface area (Å²) in [6.07, 6.45) is 8.17. The molecule has 16 heavy (non-hydrogen) atoms. The van der Waals surface area contributed by atoms with E-state index >= 15 is 0 Å². The number of unbranched alkanes of at least 4 members (excludes halogenated alkanes) is 1. The second kappa shape index (κ2) is 6.47. The van der Waals surface area contributed by atoms with Gasteiger partial charge in [-0.1, -0.05) is 65.0 Å². The van der Waals surface area contributed by atoms with Gasteiger partial charge in [0.15, 0.2) is 0 Å². The highest BCUT2D eigenvalue weighted by Crippen LogP contribution is 2.45. The van der Waals surface area contributed by atoms with Crippen molar-refractivity contribution in [2.75, 3.05) is 0 Å². The molecule has 0 heteroatoms. The van der Waals surface area contributed by atoms with Gasteiger partial charge in [-0.3, -0.25) is 0 Å². The molecule has 0 heterocycles. The van der Waals surface area contributed by atoms with Gasteiger partial charge >= 0.3 is 0 Å². The first kappa shape index (κ1) is 13.8. The molecule has 0 amide bonds. The zero-order valence-electron chi connectivity index (χ0n) is 12.0. The van der Waals surface area contributed by atoms with Crippen LogP contribution in [0.25, 0.3) is 0 Å². The molecule has 0 saturated heterocycles. The maximum Gasteiger partial charge on any atom is -0.01000 e. The Hall–Kier alpha value is -0.260. The first-order valence-electron chi connectivity index (χ1n) is 7.36. The van der Waals surface area contributed by atoms with E-state index in [-0.39, 0.29) is 0 Å². The maximum atomic E-state index is 2.47.